The number of nitrogens with zero attached hydrogens (tertiary/aromatic N) is 1. The average molecular weight is 355 g/mol. The normalized spacial score (nSPS) is 15.0. The van der Waals surface area contributed by atoms with E-state index in [-0.39, 0.29) is 82.4 Å². The van der Waals surface area contributed by atoms with Crippen LogP contribution in [0.25, 0.3) is 0 Å². The third-order valence-electron chi connectivity index (χ3n) is 3.14. The molecule has 1 aliphatic rings. The van der Waals surface area contributed by atoms with E-state index in [0.29, 0.717) is 0 Å². The maximum Gasteiger partial charge on any atom is 1.00 e. The van der Waals surface area contributed by atoms with Gasteiger partial charge in [-0.3, -0.25) is 0 Å². The smallest absolute Gasteiger partial charge is 0.492 e. The van der Waals surface area contributed by atoms with Gasteiger partial charge in [0.25, 0.3) is 0 Å². The second-order valence-electron chi connectivity index (χ2n) is 6.15. The van der Waals surface area contributed by atoms with Gasteiger partial charge in [-0.05, 0) is 32.4 Å². The summed E-state index contributed by atoms with van der Waals surface area (Å²) in [5.41, 5.74) is -1.45. The summed E-state index contributed by atoms with van der Waals surface area (Å²) >= 11 is 0. The van der Waals surface area contributed by atoms with Crippen molar-refractivity contribution in [3.63, 3.8) is 0 Å². The summed E-state index contributed by atoms with van der Waals surface area (Å²) in [6.07, 6.45) is -0.645. The fraction of sp³-hybridized carbons (Fsp3) is 0.500. The van der Waals surface area contributed by atoms with Crippen LogP contribution in [-0.2, 0) is 11.3 Å². The zero-order valence-corrected chi connectivity index (χ0v) is 16.9. The van der Waals surface area contributed by atoms with E-state index in [1.807, 2.05) is 0 Å². The Balaban J connectivity index is 0.00000264. The van der Waals surface area contributed by atoms with E-state index in [4.69, 9.17) is 9.47 Å². The number of halogens is 3. The summed E-state index contributed by atoms with van der Waals surface area (Å²) < 4.78 is 50.1. The van der Waals surface area contributed by atoms with Gasteiger partial charge in [0.15, 0.2) is 0 Å². The molecule has 9 heteroatoms. The van der Waals surface area contributed by atoms with Gasteiger partial charge in [0.2, 0.25) is 0 Å². The molecule has 1 heterocycles. The molecule has 1 aromatic rings. The Bertz CT molecular complexity index is 575. The molecule has 0 spiro atoms. The quantitative estimate of drug-likeness (QED) is 0.660. The van der Waals surface area contributed by atoms with Gasteiger partial charge in [-0.1, -0.05) is 17.6 Å². The van der Waals surface area contributed by atoms with Crippen LogP contribution in [0.15, 0.2) is 18.2 Å². The monoisotopic (exact) mass is 355 g/mol. The van der Waals surface area contributed by atoms with Gasteiger partial charge < -0.3 is 27.3 Å². The van der Waals surface area contributed by atoms with E-state index in [1.54, 1.807) is 20.8 Å². The summed E-state index contributed by atoms with van der Waals surface area (Å²) in [5.74, 6) is 0.169. The Hall–Kier alpha value is -0.219. The summed E-state index contributed by atoms with van der Waals surface area (Å²) in [6, 6.07) is 3.81. The summed E-state index contributed by atoms with van der Waals surface area (Å²) in [6.45, 7) is 0.0605. The average Bonchev–Trinajstić information content (AvgIpc) is 2.56. The minimum Gasteiger partial charge on any atom is -0.492 e. The second-order valence-corrected chi connectivity index (χ2v) is 6.15. The first kappa shape index (κ1) is 20.8. The number of fused-ring (bicyclic) bond motifs is 1. The topological polar surface area (TPSA) is 38.8 Å². The van der Waals surface area contributed by atoms with E-state index in [9.17, 15) is 17.7 Å². The largest absolute Gasteiger partial charge is 1.00 e. The molecule has 0 atom stereocenters. The number of ether oxygens (including phenoxy) is 2. The first-order valence-electron chi connectivity index (χ1n) is 7.00. The van der Waals surface area contributed by atoms with Gasteiger partial charge in [-0.15, -0.1) is 0 Å². The van der Waals surface area contributed by atoms with Gasteiger partial charge in [0.1, 0.15) is 18.0 Å². The zero-order valence-electron chi connectivity index (χ0n) is 13.7. The minimum atomic E-state index is -5.18. The molecule has 4 nitrogen and oxygen atoms in total. The summed E-state index contributed by atoms with van der Waals surface area (Å²) in [5, 5.41) is 0. The van der Waals surface area contributed by atoms with Crippen molar-refractivity contribution in [2.24, 2.45) is 0 Å². The predicted octanol–water partition coefficient (Wildman–Crippen LogP) is -0.125. The molecule has 0 fully saturated rings. The van der Waals surface area contributed by atoms with Crippen molar-refractivity contribution in [2.75, 3.05) is 13.2 Å². The van der Waals surface area contributed by atoms with Crippen molar-refractivity contribution in [1.82, 2.24) is 4.90 Å². The van der Waals surface area contributed by atoms with Gasteiger partial charge in [-0.25, -0.2) is 4.79 Å². The molecular weight excluding hydrogens is 337 g/mol. The Morgan fingerprint density at radius 3 is 2.52 bits per heavy atom. The number of amides is 1. The Morgan fingerprint density at radius 1 is 1.30 bits per heavy atom. The number of carbonyl (C=O) groups excluding carboxylic acids is 1. The van der Waals surface area contributed by atoms with Crippen LogP contribution in [0.4, 0.5) is 17.7 Å². The Kier molecular flexibility index (Phi) is 7.04. The molecule has 0 saturated heterocycles. The first-order chi connectivity index (χ1) is 10.1. The maximum absolute atomic E-state index is 13.2. The molecule has 0 aromatic heterocycles. The Labute approximate surface area is 176 Å². The van der Waals surface area contributed by atoms with E-state index in [1.165, 1.54) is 17.0 Å². The molecular formula is C14H18BF3KNO3. The molecule has 23 heavy (non-hydrogen) atoms. The fourth-order valence-corrected chi connectivity index (χ4v) is 2.21. The van der Waals surface area contributed by atoms with Gasteiger partial charge in [-0.2, -0.15) is 0 Å². The molecule has 0 N–H and O–H groups in total. The minimum absolute atomic E-state index is 0. The van der Waals surface area contributed by atoms with Crippen molar-refractivity contribution >= 4 is 18.5 Å². The molecule has 1 aromatic carbocycles. The number of carbonyl (C=O) groups is 1. The van der Waals surface area contributed by atoms with Crippen LogP contribution in [0.2, 0.25) is 0 Å². The van der Waals surface area contributed by atoms with Gasteiger partial charge in [0.05, 0.1) is 6.54 Å². The summed E-state index contributed by atoms with van der Waals surface area (Å²) in [4.78, 5) is 13.3. The van der Waals surface area contributed by atoms with E-state index in [2.05, 4.69) is 0 Å². The second kappa shape index (κ2) is 7.78. The number of rotatable bonds is 1. The molecule has 1 aliphatic heterocycles. The fourth-order valence-electron chi connectivity index (χ4n) is 2.21. The molecule has 2 rings (SSSR count). The molecule has 1 amide bonds. The van der Waals surface area contributed by atoms with Crippen LogP contribution < -0.4 is 61.6 Å². The van der Waals surface area contributed by atoms with Crippen LogP contribution in [0.5, 0.6) is 5.75 Å². The molecule has 122 valence electrons. The van der Waals surface area contributed by atoms with Gasteiger partial charge >= 0.3 is 64.5 Å². The molecule has 0 saturated carbocycles. The first-order valence-corrected chi connectivity index (χ1v) is 7.00. The van der Waals surface area contributed by atoms with Crippen molar-refractivity contribution in [1.29, 1.82) is 0 Å². The Morgan fingerprint density at radius 2 is 1.96 bits per heavy atom. The van der Waals surface area contributed by atoms with Gasteiger partial charge in [0, 0.05) is 6.54 Å². The summed E-state index contributed by atoms with van der Waals surface area (Å²) in [7, 11) is 0. The number of hydrogen-bond donors (Lipinski definition) is 0. The molecule has 0 aliphatic carbocycles. The predicted molar refractivity (Wildman–Crippen MR) is 77.3 cm³/mol. The van der Waals surface area contributed by atoms with E-state index < -0.39 is 24.1 Å². The SMILES string of the molecule is CC(C)(C)OC(=O)N1CCOc2cccc([B-](F)(F)F)c2C1.[K+]. The van der Waals surface area contributed by atoms with Crippen LogP contribution in [0.1, 0.15) is 26.3 Å². The van der Waals surface area contributed by atoms with Crippen LogP contribution >= 0.6 is 0 Å². The van der Waals surface area contributed by atoms with E-state index in [0.717, 1.165) is 6.07 Å². The molecule has 0 unspecified atom stereocenters. The third-order valence-corrected chi connectivity index (χ3v) is 3.14. The molecule has 0 radical (unpaired) electrons. The number of hydrogen-bond acceptors (Lipinski definition) is 3. The van der Waals surface area contributed by atoms with Crippen LogP contribution in [0.3, 0.4) is 0 Å². The maximum atomic E-state index is 13.2. The van der Waals surface area contributed by atoms with Crippen LogP contribution in [-0.4, -0.2) is 36.7 Å². The van der Waals surface area contributed by atoms with Crippen molar-refractivity contribution in [3.05, 3.63) is 23.8 Å². The third kappa shape index (κ3) is 5.67. The number of benzene rings is 1. The standard InChI is InChI=1S/C14H18BF3NO3.K/c1-14(2,3)22-13(20)19-7-8-21-12-6-4-5-11(10(12)9-19)15(16,17)18;/h4-6H,7-9H2,1-3H3;/q-1;+1. The molecule has 0 bridgehead atoms. The zero-order chi connectivity index (χ0) is 16.5. The van der Waals surface area contributed by atoms with E-state index >= 15 is 0 Å². The van der Waals surface area contributed by atoms with Crippen molar-refractivity contribution < 1.29 is 78.6 Å². The van der Waals surface area contributed by atoms with Crippen molar-refractivity contribution in [2.45, 2.75) is 32.9 Å². The van der Waals surface area contributed by atoms with Crippen LogP contribution in [0, 0.1) is 0 Å². The van der Waals surface area contributed by atoms with Crippen molar-refractivity contribution in [3.8, 4) is 5.75 Å².